The van der Waals surface area contributed by atoms with Gasteiger partial charge in [-0.05, 0) is 25.1 Å². The Morgan fingerprint density at radius 1 is 1.26 bits per heavy atom. The summed E-state index contributed by atoms with van der Waals surface area (Å²) < 4.78 is 1.41. The molecule has 0 spiro atoms. The van der Waals surface area contributed by atoms with Gasteiger partial charge in [0.1, 0.15) is 0 Å². The standard InChI is InChI=1S/C18H16N4O4S/c1-11(16(23)19-12-6-5-7-13(10-12)22(25)26)27-18-20-15-9-4-3-8-14(15)17(24)21(18)2/h3-11H,1-2H3,(H,19,23). The first-order valence-corrected chi connectivity index (χ1v) is 8.92. The third kappa shape index (κ3) is 3.98. The molecule has 0 radical (unpaired) electrons. The first kappa shape index (κ1) is 18.6. The zero-order valence-corrected chi connectivity index (χ0v) is 15.4. The molecule has 1 amide bonds. The molecule has 3 aromatic rings. The van der Waals surface area contributed by atoms with Crippen LogP contribution < -0.4 is 10.9 Å². The zero-order valence-electron chi connectivity index (χ0n) is 14.6. The zero-order chi connectivity index (χ0) is 19.6. The van der Waals surface area contributed by atoms with Crippen molar-refractivity contribution in [1.82, 2.24) is 9.55 Å². The van der Waals surface area contributed by atoms with Gasteiger partial charge in [-0.15, -0.1) is 0 Å². The van der Waals surface area contributed by atoms with Gasteiger partial charge in [-0.25, -0.2) is 4.98 Å². The molecule has 1 N–H and O–H groups in total. The third-order valence-corrected chi connectivity index (χ3v) is 5.06. The van der Waals surface area contributed by atoms with Crippen LogP contribution in [-0.2, 0) is 11.8 Å². The average molecular weight is 384 g/mol. The number of nitro groups is 1. The van der Waals surface area contributed by atoms with E-state index in [1.165, 1.54) is 22.8 Å². The van der Waals surface area contributed by atoms with Crippen LogP contribution in [0.2, 0.25) is 0 Å². The monoisotopic (exact) mass is 384 g/mol. The highest BCUT2D eigenvalue weighted by Gasteiger charge is 2.19. The molecule has 1 unspecified atom stereocenters. The molecular weight excluding hydrogens is 368 g/mol. The van der Waals surface area contributed by atoms with E-state index in [-0.39, 0.29) is 17.2 Å². The summed E-state index contributed by atoms with van der Waals surface area (Å²) in [5, 5.41) is 13.9. The molecule has 8 nitrogen and oxygen atoms in total. The number of carbonyl (C=O) groups is 1. The van der Waals surface area contributed by atoms with E-state index >= 15 is 0 Å². The number of nitrogens with one attached hydrogen (secondary N) is 1. The van der Waals surface area contributed by atoms with Crippen molar-refractivity contribution in [3.8, 4) is 0 Å². The molecule has 3 rings (SSSR count). The lowest BCUT2D eigenvalue weighted by Gasteiger charge is -2.14. The summed E-state index contributed by atoms with van der Waals surface area (Å²) >= 11 is 1.14. The van der Waals surface area contributed by atoms with Crippen LogP contribution in [0.4, 0.5) is 11.4 Å². The maximum absolute atomic E-state index is 12.4. The van der Waals surface area contributed by atoms with Crippen molar-refractivity contribution in [2.24, 2.45) is 7.05 Å². The highest BCUT2D eigenvalue weighted by Crippen LogP contribution is 2.24. The van der Waals surface area contributed by atoms with E-state index < -0.39 is 10.2 Å². The van der Waals surface area contributed by atoms with Crippen molar-refractivity contribution < 1.29 is 9.72 Å². The van der Waals surface area contributed by atoms with Gasteiger partial charge in [-0.3, -0.25) is 24.3 Å². The number of nitrogens with zero attached hydrogens (tertiary/aromatic N) is 3. The molecule has 1 aromatic heterocycles. The van der Waals surface area contributed by atoms with Crippen LogP contribution in [0.5, 0.6) is 0 Å². The fourth-order valence-corrected chi connectivity index (χ4v) is 3.33. The Labute approximate surface area is 158 Å². The molecule has 0 aliphatic carbocycles. The van der Waals surface area contributed by atoms with E-state index in [0.29, 0.717) is 21.7 Å². The number of hydrogen-bond acceptors (Lipinski definition) is 6. The molecule has 0 saturated heterocycles. The number of thioether (sulfide) groups is 1. The number of benzene rings is 2. The van der Waals surface area contributed by atoms with Crippen molar-refractivity contribution in [2.45, 2.75) is 17.3 Å². The van der Waals surface area contributed by atoms with E-state index in [9.17, 15) is 19.7 Å². The molecule has 1 atom stereocenters. The second-order valence-electron chi connectivity index (χ2n) is 5.83. The summed E-state index contributed by atoms with van der Waals surface area (Å²) in [5.41, 5.74) is 0.609. The minimum atomic E-state index is -0.566. The molecule has 0 aliphatic rings. The lowest BCUT2D eigenvalue weighted by atomic mass is 10.2. The van der Waals surface area contributed by atoms with E-state index in [1.54, 1.807) is 44.3 Å². The van der Waals surface area contributed by atoms with Crippen LogP contribution in [0, 0.1) is 10.1 Å². The van der Waals surface area contributed by atoms with Crippen molar-refractivity contribution >= 4 is 39.9 Å². The minimum Gasteiger partial charge on any atom is -0.325 e. The normalized spacial score (nSPS) is 11.9. The molecule has 2 aromatic carbocycles. The molecular formula is C18H16N4O4S. The number of para-hydroxylation sites is 1. The lowest BCUT2D eigenvalue weighted by Crippen LogP contribution is -2.25. The number of fused-ring (bicyclic) bond motifs is 1. The van der Waals surface area contributed by atoms with Crippen molar-refractivity contribution in [3.05, 3.63) is 69.0 Å². The van der Waals surface area contributed by atoms with Gasteiger partial charge in [0.05, 0.1) is 21.1 Å². The molecule has 1 heterocycles. The second-order valence-corrected chi connectivity index (χ2v) is 7.14. The van der Waals surface area contributed by atoms with E-state index in [2.05, 4.69) is 10.3 Å². The summed E-state index contributed by atoms with van der Waals surface area (Å²) in [6.07, 6.45) is 0. The predicted octanol–water partition coefficient (Wildman–Crippen LogP) is 2.96. The van der Waals surface area contributed by atoms with Gasteiger partial charge in [0.25, 0.3) is 11.2 Å². The maximum Gasteiger partial charge on any atom is 0.271 e. The Morgan fingerprint density at radius 2 is 2.00 bits per heavy atom. The van der Waals surface area contributed by atoms with Gasteiger partial charge < -0.3 is 5.32 Å². The summed E-state index contributed by atoms with van der Waals surface area (Å²) in [4.78, 5) is 39.7. The van der Waals surface area contributed by atoms with Gasteiger partial charge >= 0.3 is 0 Å². The Balaban J connectivity index is 1.80. The fourth-order valence-electron chi connectivity index (χ4n) is 2.46. The highest BCUT2D eigenvalue weighted by atomic mass is 32.2. The number of amides is 1. The van der Waals surface area contributed by atoms with Crippen LogP contribution in [-0.4, -0.2) is 25.6 Å². The van der Waals surface area contributed by atoms with Crippen LogP contribution in [0.1, 0.15) is 6.92 Å². The molecule has 27 heavy (non-hydrogen) atoms. The van der Waals surface area contributed by atoms with Gasteiger partial charge in [-0.1, -0.05) is 30.0 Å². The summed E-state index contributed by atoms with van der Waals surface area (Å²) in [6, 6.07) is 12.7. The second kappa shape index (κ2) is 7.58. The topological polar surface area (TPSA) is 107 Å². The Hall–Kier alpha value is -3.20. The Kier molecular flexibility index (Phi) is 5.22. The van der Waals surface area contributed by atoms with Crippen molar-refractivity contribution in [2.75, 3.05) is 5.32 Å². The van der Waals surface area contributed by atoms with Crippen LogP contribution in [0.3, 0.4) is 0 Å². The first-order valence-electron chi connectivity index (χ1n) is 8.04. The molecule has 138 valence electrons. The lowest BCUT2D eigenvalue weighted by molar-refractivity contribution is -0.384. The van der Waals surface area contributed by atoms with Crippen LogP contribution in [0.25, 0.3) is 10.9 Å². The van der Waals surface area contributed by atoms with Crippen molar-refractivity contribution in [3.63, 3.8) is 0 Å². The Bertz CT molecular complexity index is 1100. The van der Waals surface area contributed by atoms with E-state index in [0.717, 1.165) is 11.8 Å². The van der Waals surface area contributed by atoms with Crippen molar-refractivity contribution in [1.29, 1.82) is 0 Å². The third-order valence-electron chi connectivity index (χ3n) is 3.92. The van der Waals surface area contributed by atoms with E-state index in [4.69, 9.17) is 0 Å². The Morgan fingerprint density at radius 3 is 2.74 bits per heavy atom. The number of rotatable bonds is 5. The fraction of sp³-hybridized carbons (Fsp3) is 0.167. The number of carbonyl (C=O) groups excluding carboxylic acids is 1. The quantitative estimate of drug-likeness (QED) is 0.314. The number of nitro benzene ring substituents is 1. The molecule has 0 aliphatic heterocycles. The first-order chi connectivity index (χ1) is 12.9. The van der Waals surface area contributed by atoms with Gasteiger partial charge in [0.2, 0.25) is 5.91 Å². The number of non-ortho nitro benzene ring substituents is 1. The summed E-state index contributed by atoms with van der Waals surface area (Å²) in [7, 11) is 1.61. The number of hydrogen-bond donors (Lipinski definition) is 1. The highest BCUT2D eigenvalue weighted by molar-refractivity contribution is 8.00. The van der Waals surface area contributed by atoms with Gasteiger partial charge in [0, 0.05) is 24.9 Å². The largest absolute Gasteiger partial charge is 0.325 e. The summed E-state index contributed by atoms with van der Waals surface area (Å²) in [6.45, 7) is 1.68. The van der Waals surface area contributed by atoms with Crippen LogP contribution in [0.15, 0.2) is 58.5 Å². The SMILES string of the molecule is CC(Sc1nc2ccccc2c(=O)n1C)C(=O)Nc1cccc([N+](=O)[O-])c1. The molecule has 9 heteroatoms. The number of aromatic nitrogens is 2. The summed E-state index contributed by atoms with van der Waals surface area (Å²) in [5.74, 6) is -0.345. The molecule has 0 bridgehead atoms. The molecule has 0 fully saturated rings. The predicted molar refractivity (Wildman–Crippen MR) is 104 cm³/mol. The van der Waals surface area contributed by atoms with Gasteiger partial charge in [0.15, 0.2) is 5.16 Å². The van der Waals surface area contributed by atoms with E-state index in [1.807, 2.05) is 0 Å². The molecule has 0 saturated carbocycles. The van der Waals surface area contributed by atoms with Crippen LogP contribution >= 0.6 is 11.8 Å². The average Bonchev–Trinajstić information content (AvgIpc) is 2.66. The smallest absolute Gasteiger partial charge is 0.271 e. The van der Waals surface area contributed by atoms with Gasteiger partial charge in [-0.2, -0.15) is 0 Å². The minimum absolute atomic E-state index is 0.105. The number of anilines is 1. The maximum atomic E-state index is 12.4.